The molecule has 0 fully saturated rings. The van der Waals surface area contributed by atoms with Crippen LogP contribution < -0.4 is 4.90 Å². The molecule has 0 saturated carbocycles. The summed E-state index contributed by atoms with van der Waals surface area (Å²) < 4.78 is 0. The molecular weight excluding hydrogens is 252 g/mol. The first-order chi connectivity index (χ1) is 9.44. The molecule has 0 saturated heterocycles. The second-order valence-electron chi connectivity index (χ2n) is 5.63. The highest BCUT2D eigenvalue weighted by Gasteiger charge is 2.19. The van der Waals surface area contributed by atoms with Crippen LogP contribution in [0.4, 0.5) is 5.69 Å². The Morgan fingerprint density at radius 1 is 1.25 bits per heavy atom. The van der Waals surface area contributed by atoms with Crippen molar-refractivity contribution in [2.75, 3.05) is 18.0 Å². The summed E-state index contributed by atoms with van der Waals surface area (Å²) in [5.74, 6) is 0. The van der Waals surface area contributed by atoms with Gasteiger partial charge in [0.05, 0.1) is 23.4 Å². The van der Waals surface area contributed by atoms with Crippen molar-refractivity contribution in [1.29, 1.82) is 0 Å². The Morgan fingerprint density at radius 2 is 1.95 bits per heavy atom. The van der Waals surface area contributed by atoms with Gasteiger partial charge in [-0.1, -0.05) is 18.2 Å². The van der Waals surface area contributed by atoms with Gasteiger partial charge in [-0.25, -0.2) is 0 Å². The van der Waals surface area contributed by atoms with Gasteiger partial charge in [0.15, 0.2) is 0 Å². The van der Waals surface area contributed by atoms with Crippen molar-refractivity contribution in [3.63, 3.8) is 0 Å². The van der Waals surface area contributed by atoms with Crippen LogP contribution in [0.25, 0.3) is 10.9 Å². The SMILES string of the molecule is CCN(CC(C)(C)O)c1cc(CO)nc2ccccc12. The number of nitrogens with zero attached hydrogens (tertiary/aromatic N) is 2. The van der Waals surface area contributed by atoms with Gasteiger partial charge in [-0.15, -0.1) is 0 Å². The third-order valence-electron chi connectivity index (χ3n) is 3.21. The molecule has 0 radical (unpaired) electrons. The maximum Gasteiger partial charge on any atom is 0.0854 e. The fourth-order valence-electron chi connectivity index (χ4n) is 2.39. The molecule has 0 atom stereocenters. The van der Waals surface area contributed by atoms with Crippen LogP contribution in [0.3, 0.4) is 0 Å². The van der Waals surface area contributed by atoms with Crippen LogP contribution in [0.1, 0.15) is 26.5 Å². The molecule has 0 bridgehead atoms. The molecule has 1 aromatic carbocycles. The minimum Gasteiger partial charge on any atom is -0.390 e. The van der Waals surface area contributed by atoms with Crippen molar-refractivity contribution in [1.82, 2.24) is 4.98 Å². The average Bonchev–Trinajstić information content (AvgIpc) is 2.42. The Balaban J connectivity index is 2.55. The van der Waals surface area contributed by atoms with Crippen molar-refractivity contribution >= 4 is 16.6 Å². The van der Waals surface area contributed by atoms with Crippen LogP contribution in [0.5, 0.6) is 0 Å². The van der Waals surface area contributed by atoms with Crippen LogP contribution in [-0.2, 0) is 6.61 Å². The number of benzene rings is 1. The lowest BCUT2D eigenvalue weighted by Crippen LogP contribution is -2.38. The quantitative estimate of drug-likeness (QED) is 0.878. The summed E-state index contributed by atoms with van der Waals surface area (Å²) in [5.41, 5.74) is 1.74. The largest absolute Gasteiger partial charge is 0.390 e. The summed E-state index contributed by atoms with van der Waals surface area (Å²) in [4.78, 5) is 6.54. The van der Waals surface area contributed by atoms with Crippen molar-refractivity contribution in [2.24, 2.45) is 0 Å². The summed E-state index contributed by atoms with van der Waals surface area (Å²) in [5, 5.41) is 20.5. The molecule has 108 valence electrons. The molecule has 0 aliphatic heterocycles. The molecule has 20 heavy (non-hydrogen) atoms. The lowest BCUT2D eigenvalue weighted by molar-refractivity contribution is 0.0876. The van der Waals surface area contributed by atoms with Crippen LogP contribution in [0.2, 0.25) is 0 Å². The fourth-order valence-corrected chi connectivity index (χ4v) is 2.39. The zero-order valence-corrected chi connectivity index (χ0v) is 12.3. The van der Waals surface area contributed by atoms with E-state index in [1.54, 1.807) is 13.8 Å². The van der Waals surface area contributed by atoms with E-state index in [1.165, 1.54) is 0 Å². The molecule has 2 N–H and O–H groups in total. The van der Waals surface area contributed by atoms with Gasteiger partial charge in [0.25, 0.3) is 0 Å². The highest BCUT2D eigenvalue weighted by atomic mass is 16.3. The monoisotopic (exact) mass is 274 g/mol. The Morgan fingerprint density at radius 3 is 2.55 bits per heavy atom. The second kappa shape index (κ2) is 5.77. The molecular formula is C16H22N2O2. The van der Waals surface area contributed by atoms with E-state index >= 15 is 0 Å². The van der Waals surface area contributed by atoms with E-state index < -0.39 is 5.60 Å². The smallest absolute Gasteiger partial charge is 0.0854 e. The molecule has 0 aliphatic rings. The molecule has 4 nitrogen and oxygen atoms in total. The minimum atomic E-state index is -0.778. The average molecular weight is 274 g/mol. The van der Waals surface area contributed by atoms with Crippen molar-refractivity contribution in [3.8, 4) is 0 Å². The molecule has 2 rings (SSSR count). The normalized spacial score (nSPS) is 11.8. The Hall–Kier alpha value is -1.65. The molecule has 0 amide bonds. The molecule has 2 aromatic rings. The lowest BCUT2D eigenvalue weighted by atomic mass is 10.1. The van der Waals surface area contributed by atoms with Crippen LogP contribution in [0.15, 0.2) is 30.3 Å². The fraction of sp³-hybridized carbons (Fsp3) is 0.438. The Labute approximate surface area is 119 Å². The third-order valence-corrected chi connectivity index (χ3v) is 3.21. The van der Waals surface area contributed by atoms with Gasteiger partial charge >= 0.3 is 0 Å². The van der Waals surface area contributed by atoms with Gasteiger partial charge in [-0.05, 0) is 32.9 Å². The number of hydrogen-bond acceptors (Lipinski definition) is 4. The summed E-state index contributed by atoms with van der Waals surface area (Å²) in [7, 11) is 0. The molecule has 0 aliphatic carbocycles. The Bertz CT molecular complexity index is 591. The second-order valence-corrected chi connectivity index (χ2v) is 5.63. The molecule has 1 heterocycles. The molecule has 1 aromatic heterocycles. The number of hydrogen-bond donors (Lipinski definition) is 2. The highest BCUT2D eigenvalue weighted by Crippen LogP contribution is 2.28. The number of fused-ring (bicyclic) bond motifs is 1. The predicted molar refractivity (Wildman–Crippen MR) is 81.9 cm³/mol. The third kappa shape index (κ3) is 3.26. The van der Waals surface area contributed by atoms with Crippen molar-refractivity contribution in [3.05, 3.63) is 36.0 Å². The standard InChI is InChI=1S/C16H22N2O2/c1-4-18(11-16(2,3)20)15-9-12(10-19)17-14-8-6-5-7-13(14)15/h5-9,19-20H,4,10-11H2,1-3H3. The number of aromatic nitrogens is 1. The zero-order chi connectivity index (χ0) is 14.8. The number of pyridine rings is 1. The number of para-hydroxylation sites is 1. The van der Waals surface area contributed by atoms with E-state index in [9.17, 15) is 10.2 Å². The van der Waals surface area contributed by atoms with Gasteiger partial charge < -0.3 is 15.1 Å². The predicted octanol–water partition coefficient (Wildman–Crippen LogP) is 2.32. The van der Waals surface area contributed by atoms with Crippen LogP contribution in [0, 0.1) is 0 Å². The maximum absolute atomic E-state index is 10.1. The maximum atomic E-state index is 10.1. The molecule has 4 heteroatoms. The number of aliphatic hydroxyl groups excluding tert-OH is 1. The topological polar surface area (TPSA) is 56.6 Å². The van der Waals surface area contributed by atoms with E-state index in [-0.39, 0.29) is 6.61 Å². The van der Waals surface area contributed by atoms with Gasteiger partial charge in [0.2, 0.25) is 0 Å². The number of anilines is 1. The van der Waals surface area contributed by atoms with Gasteiger partial charge in [0.1, 0.15) is 0 Å². The highest BCUT2D eigenvalue weighted by molar-refractivity contribution is 5.92. The number of aliphatic hydroxyl groups is 2. The van der Waals surface area contributed by atoms with Crippen LogP contribution >= 0.6 is 0 Å². The first kappa shape index (κ1) is 14.8. The summed E-state index contributed by atoms with van der Waals surface area (Å²) in [6, 6.07) is 9.77. The molecule has 0 spiro atoms. The van der Waals surface area contributed by atoms with E-state index in [0.717, 1.165) is 23.1 Å². The lowest BCUT2D eigenvalue weighted by Gasteiger charge is -2.31. The van der Waals surface area contributed by atoms with Gasteiger partial charge in [-0.2, -0.15) is 0 Å². The molecule has 0 unspecified atom stereocenters. The zero-order valence-electron chi connectivity index (χ0n) is 12.3. The van der Waals surface area contributed by atoms with E-state index in [4.69, 9.17) is 0 Å². The first-order valence-electron chi connectivity index (χ1n) is 6.91. The van der Waals surface area contributed by atoms with Crippen molar-refractivity contribution in [2.45, 2.75) is 33.0 Å². The van der Waals surface area contributed by atoms with Gasteiger partial charge in [-0.3, -0.25) is 4.98 Å². The van der Waals surface area contributed by atoms with Gasteiger partial charge in [0, 0.05) is 24.2 Å². The minimum absolute atomic E-state index is 0.0854. The number of rotatable bonds is 5. The summed E-state index contributed by atoms with van der Waals surface area (Å²) in [6.07, 6.45) is 0. The Kier molecular flexibility index (Phi) is 4.26. The van der Waals surface area contributed by atoms with E-state index in [1.807, 2.05) is 30.3 Å². The number of likely N-dealkylation sites (N-methyl/N-ethyl adjacent to an activating group) is 1. The van der Waals surface area contributed by atoms with E-state index in [2.05, 4.69) is 16.8 Å². The van der Waals surface area contributed by atoms with E-state index in [0.29, 0.717) is 12.2 Å². The summed E-state index contributed by atoms with van der Waals surface area (Å²) >= 11 is 0. The van der Waals surface area contributed by atoms with Crippen LogP contribution in [-0.4, -0.2) is 33.9 Å². The van der Waals surface area contributed by atoms with Crippen molar-refractivity contribution < 1.29 is 10.2 Å². The first-order valence-corrected chi connectivity index (χ1v) is 6.91. The summed E-state index contributed by atoms with van der Waals surface area (Å²) in [6.45, 7) is 6.88.